The van der Waals surface area contributed by atoms with Gasteiger partial charge in [0.05, 0.1) is 6.42 Å². The van der Waals surface area contributed by atoms with Crippen LogP contribution in [-0.4, -0.2) is 18.5 Å². The molecule has 0 unspecified atom stereocenters. The van der Waals surface area contributed by atoms with Gasteiger partial charge < -0.3 is 11.2 Å². The minimum absolute atomic E-state index is 0.0173. The summed E-state index contributed by atoms with van der Waals surface area (Å²) in [5.74, 6) is 5.10. The molecule has 0 aliphatic carbocycles. The molecule has 90 valence electrons. The van der Waals surface area contributed by atoms with E-state index in [0.29, 0.717) is 0 Å². The molecule has 0 heterocycles. The fourth-order valence-electron chi connectivity index (χ4n) is 1.20. The molecule has 0 aliphatic heterocycles. The Bertz CT molecular complexity index is 424. The Hall–Kier alpha value is -2.37. The molecule has 6 nitrogen and oxygen atoms in total. The highest BCUT2D eigenvalue weighted by atomic mass is 16.1. The van der Waals surface area contributed by atoms with Gasteiger partial charge in [-0.25, -0.2) is 0 Å². The Labute approximate surface area is 99.6 Å². The number of anilines is 1. The van der Waals surface area contributed by atoms with E-state index in [1.165, 1.54) is 0 Å². The van der Waals surface area contributed by atoms with Crippen molar-refractivity contribution >= 4 is 24.1 Å². The first-order valence-corrected chi connectivity index (χ1v) is 5.00. The molecule has 17 heavy (non-hydrogen) atoms. The number of hydrogen-bond acceptors (Lipinski definition) is 4. The zero-order valence-corrected chi connectivity index (χ0v) is 9.60. The predicted molar refractivity (Wildman–Crippen MR) is 68.7 cm³/mol. The standard InChI is InChI=1S/C11H15N5O/c1-8-3-5-9(6-4-8)14-11(17)7-10(15-12)16-13-2/h3-6H,2,7,12H2,1H3,(H,14,17)(H,15,16). The van der Waals surface area contributed by atoms with Crippen LogP contribution >= 0.6 is 0 Å². The van der Waals surface area contributed by atoms with Gasteiger partial charge in [0.15, 0.2) is 5.84 Å². The molecular formula is C11H15N5O. The number of aryl methyl sites for hydroxylation is 1. The zero-order chi connectivity index (χ0) is 12.7. The highest BCUT2D eigenvalue weighted by Gasteiger charge is 2.07. The van der Waals surface area contributed by atoms with Gasteiger partial charge in [-0.15, -0.1) is 0 Å². The van der Waals surface area contributed by atoms with Crippen molar-refractivity contribution < 1.29 is 4.79 Å². The third-order valence-corrected chi connectivity index (χ3v) is 2.03. The molecule has 0 saturated heterocycles. The van der Waals surface area contributed by atoms with Crippen LogP contribution in [0.15, 0.2) is 34.5 Å². The van der Waals surface area contributed by atoms with Crippen molar-refractivity contribution in [3.05, 3.63) is 29.8 Å². The fraction of sp³-hybridized carbons (Fsp3) is 0.182. The summed E-state index contributed by atoms with van der Waals surface area (Å²) in [6, 6.07) is 7.48. The number of nitrogens with zero attached hydrogens (tertiary/aromatic N) is 2. The summed E-state index contributed by atoms with van der Waals surface area (Å²) in [6.07, 6.45) is 0.0173. The Kier molecular flexibility index (Phi) is 4.68. The highest BCUT2D eigenvalue weighted by Crippen LogP contribution is 2.08. The number of amides is 1. The summed E-state index contributed by atoms with van der Waals surface area (Å²) in [5.41, 5.74) is 4.29. The Morgan fingerprint density at radius 3 is 2.59 bits per heavy atom. The summed E-state index contributed by atoms with van der Waals surface area (Å²) < 4.78 is 0. The summed E-state index contributed by atoms with van der Waals surface area (Å²) in [7, 11) is 0. The summed E-state index contributed by atoms with van der Waals surface area (Å²) in [6.45, 7) is 5.20. The van der Waals surface area contributed by atoms with Crippen molar-refractivity contribution in [3.8, 4) is 0 Å². The number of nitrogens with one attached hydrogen (secondary N) is 2. The fourth-order valence-corrected chi connectivity index (χ4v) is 1.20. The Morgan fingerprint density at radius 1 is 1.41 bits per heavy atom. The van der Waals surface area contributed by atoms with Gasteiger partial charge in [-0.2, -0.15) is 10.2 Å². The summed E-state index contributed by atoms with van der Waals surface area (Å²) in [4.78, 5) is 11.6. The van der Waals surface area contributed by atoms with Crippen LogP contribution in [0.3, 0.4) is 0 Å². The number of benzene rings is 1. The van der Waals surface area contributed by atoms with Crippen LogP contribution in [0.2, 0.25) is 0 Å². The van der Waals surface area contributed by atoms with Gasteiger partial charge in [-0.3, -0.25) is 10.2 Å². The lowest BCUT2D eigenvalue weighted by atomic mass is 10.2. The lowest BCUT2D eigenvalue weighted by Crippen LogP contribution is -2.25. The van der Waals surface area contributed by atoms with Gasteiger partial charge in [0.1, 0.15) is 0 Å². The van der Waals surface area contributed by atoms with Crippen molar-refractivity contribution in [3.63, 3.8) is 0 Å². The maximum Gasteiger partial charge on any atom is 0.232 e. The van der Waals surface area contributed by atoms with Gasteiger partial charge >= 0.3 is 0 Å². The van der Waals surface area contributed by atoms with Gasteiger partial charge in [0.25, 0.3) is 0 Å². The smallest absolute Gasteiger partial charge is 0.232 e. The molecule has 0 spiro atoms. The van der Waals surface area contributed by atoms with Crippen molar-refractivity contribution in [2.75, 3.05) is 5.32 Å². The van der Waals surface area contributed by atoms with Crippen LogP contribution in [0, 0.1) is 6.92 Å². The highest BCUT2D eigenvalue weighted by molar-refractivity contribution is 6.05. The normalized spacial score (nSPS) is 10.8. The molecule has 1 rings (SSSR count). The lowest BCUT2D eigenvalue weighted by molar-refractivity contribution is -0.115. The quantitative estimate of drug-likeness (QED) is 0.311. The van der Waals surface area contributed by atoms with Crippen LogP contribution in [-0.2, 0) is 4.79 Å². The minimum Gasteiger partial charge on any atom is -0.326 e. The number of carbonyl (C=O) groups is 1. The van der Waals surface area contributed by atoms with Crippen LogP contribution in [0.1, 0.15) is 12.0 Å². The number of nitrogens with two attached hydrogens (primary N) is 1. The molecule has 4 N–H and O–H groups in total. The van der Waals surface area contributed by atoms with Crippen LogP contribution in [0.5, 0.6) is 0 Å². The molecule has 0 atom stereocenters. The summed E-state index contributed by atoms with van der Waals surface area (Å²) in [5, 5.41) is 9.49. The number of rotatable bonds is 4. The van der Waals surface area contributed by atoms with Gasteiger partial charge in [-0.1, -0.05) is 17.7 Å². The first-order valence-electron chi connectivity index (χ1n) is 5.00. The third-order valence-electron chi connectivity index (χ3n) is 2.03. The predicted octanol–water partition coefficient (Wildman–Crippen LogP) is 0.801. The van der Waals surface area contributed by atoms with E-state index in [1.807, 2.05) is 31.2 Å². The molecule has 0 bridgehead atoms. The average molecular weight is 233 g/mol. The first kappa shape index (κ1) is 12.7. The number of hydrazone groups is 2. The van der Waals surface area contributed by atoms with Crippen molar-refractivity contribution in [1.29, 1.82) is 0 Å². The third kappa shape index (κ3) is 4.33. The first-order chi connectivity index (χ1) is 8.15. The summed E-state index contributed by atoms with van der Waals surface area (Å²) >= 11 is 0. The van der Waals surface area contributed by atoms with Crippen LogP contribution in [0.4, 0.5) is 5.69 Å². The van der Waals surface area contributed by atoms with E-state index in [2.05, 4.69) is 27.7 Å². The molecule has 0 aliphatic rings. The molecule has 0 saturated carbocycles. The zero-order valence-electron chi connectivity index (χ0n) is 9.60. The average Bonchev–Trinajstić information content (AvgIpc) is 2.31. The number of hydrogen-bond donors (Lipinski definition) is 3. The Morgan fingerprint density at radius 2 is 2.06 bits per heavy atom. The van der Waals surface area contributed by atoms with E-state index in [0.717, 1.165) is 11.3 Å². The van der Waals surface area contributed by atoms with E-state index in [-0.39, 0.29) is 18.2 Å². The molecule has 0 radical (unpaired) electrons. The monoisotopic (exact) mass is 233 g/mol. The molecule has 1 aromatic rings. The molecule has 6 heteroatoms. The SMILES string of the molecule is C=NNC(CC(=O)Nc1ccc(C)cc1)=NN. The molecule has 0 aromatic heterocycles. The molecular weight excluding hydrogens is 218 g/mol. The maximum atomic E-state index is 11.6. The van der Waals surface area contributed by atoms with E-state index in [1.54, 1.807) is 0 Å². The second kappa shape index (κ2) is 6.26. The van der Waals surface area contributed by atoms with Crippen LogP contribution < -0.4 is 16.6 Å². The van der Waals surface area contributed by atoms with Crippen molar-refractivity contribution in [2.24, 2.45) is 16.0 Å². The van der Waals surface area contributed by atoms with E-state index >= 15 is 0 Å². The second-order valence-corrected chi connectivity index (χ2v) is 3.44. The van der Waals surface area contributed by atoms with E-state index in [9.17, 15) is 4.79 Å². The van der Waals surface area contributed by atoms with Gasteiger partial charge in [0.2, 0.25) is 5.91 Å². The van der Waals surface area contributed by atoms with Gasteiger partial charge in [0, 0.05) is 12.4 Å². The topological polar surface area (TPSA) is 91.9 Å². The maximum absolute atomic E-state index is 11.6. The molecule has 1 aromatic carbocycles. The largest absolute Gasteiger partial charge is 0.326 e. The lowest BCUT2D eigenvalue weighted by Gasteiger charge is -2.06. The molecule has 0 fully saturated rings. The minimum atomic E-state index is -0.228. The second-order valence-electron chi connectivity index (χ2n) is 3.44. The number of amidine groups is 1. The van der Waals surface area contributed by atoms with Gasteiger partial charge in [-0.05, 0) is 19.1 Å². The Balaban J connectivity index is 2.55. The van der Waals surface area contributed by atoms with E-state index in [4.69, 9.17) is 5.84 Å². The number of carbonyl (C=O) groups excluding carboxylic acids is 1. The van der Waals surface area contributed by atoms with E-state index < -0.39 is 0 Å². The molecule has 1 amide bonds. The van der Waals surface area contributed by atoms with Crippen molar-refractivity contribution in [2.45, 2.75) is 13.3 Å². The van der Waals surface area contributed by atoms with Crippen LogP contribution in [0.25, 0.3) is 0 Å². The van der Waals surface area contributed by atoms with Crippen molar-refractivity contribution in [1.82, 2.24) is 5.43 Å².